The third-order valence-electron chi connectivity index (χ3n) is 8.00. The fourth-order valence-corrected chi connectivity index (χ4v) is 5.72. The highest BCUT2D eigenvalue weighted by Crippen LogP contribution is 2.33. The molecule has 1 aliphatic carbocycles. The van der Waals surface area contributed by atoms with Gasteiger partial charge in [-0.2, -0.15) is 5.26 Å². The Bertz CT molecular complexity index is 1390. The molecule has 4 amide bonds. The van der Waals surface area contributed by atoms with Gasteiger partial charge in [0, 0.05) is 13.1 Å². The Morgan fingerprint density at radius 2 is 1.67 bits per heavy atom. The number of carbonyl (C=O) groups is 5. The Kier molecular flexibility index (Phi) is 9.99. The molecule has 1 aliphatic heterocycles. The Morgan fingerprint density at radius 3 is 2.26 bits per heavy atom. The molecule has 4 atom stereocenters. The first-order valence-electron chi connectivity index (χ1n) is 14.2. The molecule has 0 radical (unpaired) electrons. The predicted octanol–water partition coefficient (Wildman–Crippen LogP) is 2.82. The van der Waals surface area contributed by atoms with Crippen LogP contribution in [-0.2, 0) is 24.0 Å². The van der Waals surface area contributed by atoms with E-state index in [0.29, 0.717) is 11.1 Å². The highest BCUT2D eigenvalue weighted by Gasteiger charge is 2.51. The monoisotopic (exact) mass is 569 g/mol. The summed E-state index contributed by atoms with van der Waals surface area (Å²) in [4.78, 5) is 65.5. The maximum absolute atomic E-state index is 13.8. The fourth-order valence-electron chi connectivity index (χ4n) is 5.72. The standard InChI is InChI=1S/C32H35N5O5/c1-20-28(32(42)37(34-2)31(20)41)30(40)29(24-10-6-7-11-24)36-27(39)18-25(23-8-4-3-5-9-23)35-26(38)17-16-21-12-14-22(19-33)15-13-21/h3-5,8-9,12-17,20,24-25,28-29,34H,6-7,10-11,18H2,1-2H3,(H,35,38)(H,36,39)/b17-16+/t20-,25-,28+,29-/m0/s1. The van der Waals surface area contributed by atoms with Crippen molar-refractivity contribution >= 4 is 35.5 Å². The van der Waals surface area contributed by atoms with Gasteiger partial charge in [0.15, 0.2) is 5.78 Å². The van der Waals surface area contributed by atoms with Crippen LogP contribution in [0.25, 0.3) is 6.08 Å². The number of hydrogen-bond donors (Lipinski definition) is 3. The average Bonchev–Trinajstić information content (AvgIpc) is 3.61. The number of hydrogen-bond acceptors (Lipinski definition) is 7. The maximum Gasteiger partial charge on any atom is 0.255 e. The summed E-state index contributed by atoms with van der Waals surface area (Å²) in [6.07, 6.45) is 6.12. The van der Waals surface area contributed by atoms with Crippen molar-refractivity contribution in [2.24, 2.45) is 17.8 Å². The van der Waals surface area contributed by atoms with Crippen LogP contribution in [0.1, 0.15) is 61.8 Å². The van der Waals surface area contributed by atoms with Crippen LogP contribution < -0.4 is 16.1 Å². The molecule has 218 valence electrons. The van der Waals surface area contributed by atoms with Crippen molar-refractivity contribution in [3.8, 4) is 6.07 Å². The van der Waals surface area contributed by atoms with Crippen LogP contribution in [0, 0.1) is 29.1 Å². The van der Waals surface area contributed by atoms with E-state index in [9.17, 15) is 24.0 Å². The quantitative estimate of drug-likeness (QED) is 0.214. The third kappa shape index (κ3) is 6.98. The van der Waals surface area contributed by atoms with Crippen LogP contribution in [0.3, 0.4) is 0 Å². The number of nitrogens with one attached hydrogen (secondary N) is 3. The second kappa shape index (κ2) is 13.8. The maximum atomic E-state index is 13.8. The molecule has 1 heterocycles. The summed E-state index contributed by atoms with van der Waals surface area (Å²) in [5.41, 5.74) is 4.52. The highest BCUT2D eigenvalue weighted by atomic mass is 16.2. The lowest BCUT2D eigenvalue weighted by Crippen LogP contribution is -2.51. The van der Waals surface area contributed by atoms with Crippen LogP contribution in [0.15, 0.2) is 60.7 Å². The lowest BCUT2D eigenvalue weighted by atomic mass is 9.83. The van der Waals surface area contributed by atoms with E-state index < -0.39 is 53.3 Å². The van der Waals surface area contributed by atoms with Crippen LogP contribution in [0.2, 0.25) is 0 Å². The van der Waals surface area contributed by atoms with Gasteiger partial charge in [0.2, 0.25) is 17.7 Å². The van der Waals surface area contributed by atoms with Crippen molar-refractivity contribution in [3.05, 3.63) is 77.4 Å². The van der Waals surface area contributed by atoms with Crippen LogP contribution in [0.5, 0.6) is 0 Å². The molecule has 42 heavy (non-hydrogen) atoms. The summed E-state index contributed by atoms with van der Waals surface area (Å²) in [6.45, 7) is 1.56. The summed E-state index contributed by atoms with van der Waals surface area (Å²) < 4.78 is 0. The molecule has 2 fully saturated rings. The van der Waals surface area contributed by atoms with Crippen LogP contribution in [-0.4, -0.2) is 47.5 Å². The molecule has 2 aromatic rings. The van der Waals surface area contributed by atoms with Crippen molar-refractivity contribution in [3.63, 3.8) is 0 Å². The molecule has 3 N–H and O–H groups in total. The molecule has 10 heteroatoms. The Morgan fingerprint density at radius 1 is 1.00 bits per heavy atom. The fraction of sp³-hybridized carbons (Fsp3) is 0.375. The molecular formula is C32H35N5O5. The minimum Gasteiger partial charge on any atom is -0.346 e. The number of ketones is 1. The molecular weight excluding hydrogens is 534 g/mol. The van der Waals surface area contributed by atoms with Gasteiger partial charge in [-0.25, -0.2) is 10.4 Å². The molecule has 2 aliphatic rings. The van der Waals surface area contributed by atoms with Gasteiger partial charge in [-0.3, -0.25) is 24.0 Å². The summed E-state index contributed by atoms with van der Waals surface area (Å²) >= 11 is 0. The smallest absolute Gasteiger partial charge is 0.255 e. The number of hydrazine groups is 1. The Labute approximate surface area is 245 Å². The molecule has 1 saturated carbocycles. The number of nitrogens with zero attached hydrogens (tertiary/aromatic N) is 2. The van der Waals surface area contributed by atoms with E-state index in [1.165, 1.54) is 13.1 Å². The Hall–Kier alpha value is -4.62. The minimum atomic E-state index is -1.17. The van der Waals surface area contributed by atoms with Gasteiger partial charge in [-0.05, 0) is 48.1 Å². The normalized spacial score (nSPS) is 20.4. The highest BCUT2D eigenvalue weighted by molar-refractivity contribution is 6.16. The lowest BCUT2D eigenvalue weighted by Gasteiger charge is -2.27. The van der Waals surface area contributed by atoms with Crippen molar-refractivity contribution in [1.29, 1.82) is 5.26 Å². The van der Waals surface area contributed by atoms with E-state index in [1.807, 2.05) is 24.3 Å². The SMILES string of the molecule is CNN1C(=O)[C@@H](C(=O)[C@@H](NC(=O)C[C@H](NC(=O)/C=C/c2ccc(C#N)cc2)c2ccccc2)C2CCCC2)[C@H](C)C1=O. The van der Waals surface area contributed by atoms with Crippen LogP contribution in [0.4, 0.5) is 0 Å². The van der Waals surface area contributed by atoms with E-state index in [-0.39, 0.29) is 12.3 Å². The van der Waals surface area contributed by atoms with Crippen LogP contribution >= 0.6 is 0 Å². The summed E-state index contributed by atoms with van der Waals surface area (Å²) in [5.74, 6) is -4.55. The molecule has 10 nitrogen and oxygen atoms in total. The second-order valence-corrected chi connectivity index (χ2v) is 10.7. The minimum absolute atomic E-state index is 0.132. The largest absolute Gasteiger partial charge is 0.346 e. The number of amides is 4. The lowest BCUT2D eigenvalue weighted by molar-refractivity contribution is -0.144. The molecule has 0 aromatic heterocycles. The number of rotatable bonds is 11. The van der Waals surface area contributed by atoms with E-state index >= 15 is 0 Å². The molecule has 4 rings (SSSR count). The number of Topliss-reactive ketones (excluding diaryl/α,β-unsaturated/α-hetero) is 1. The molecule has 1 saturated heterocycles. The first-order valence-corrected chi connectivity index (χ1v) is 14.2. The van der Waals surface area contributed by atoms with Gasteiger partial charge in [0.25, 0.3) is 5.91 Å². The van der Waals surface area contributed by atoms with Crippen molar-refractivity contribution in [2.75, 3.05) is 7.05 Å². The zero-order chi connectivity index (χ0) is 30.2. The van der Waals surface area contributed by atoms with Gasteiger partial charge in [0.05, 0.1) is 36.1 Å². The first kappa shape index (κ1) is 30.3. The van der Waals surface area contributed by atoms with Gasteiger partial charge in [-0.1, -0.05) is 62.2 Å². The molecule has 2 aromatic carbocycles. The van der Waals surface area contributed by atoms with E-state index in [4.69, 9.17) is 5.26 Å². The van der Waals surface area contributed by atoms with E-state index in [1.54, 1.807) is 49.4 Å². The zero-order valence-corrected chi connectivity index (χ0v) is 23.7. The van der Waals surface area contributed by atoms with Gasteiger partial charge < -0.3 is 10.6 Å². The average molecular weight is 570 g/mol. The number of benzene rings is 2. The predicted molar refractivity (Wildman–Crippen MR) is 155 cm³/mol. The number of carbonyl (C=O) groups excluding carboxylic acids is 5. The van der Waals surface area contributed by atoms with Gasteiger partial charge in [0.1, 0.15) is 5.92 Å². The van der Waals surface area contributed by atoms with E-state index in [2.05, 4.69) is 16.1 Å². The van der Waals surface area contributed by atoms with Crippen molar-refractivity contribution in [1.82, 2.24) is 21.1 Å². The number of imide groups is 1. The molecule has 0 unspecified atom stereocenters. The molecule has 0 bridgehead atoms. The first-order chi connectivity index (χ1) is 20.2. The Balaban J connectivity index is 1.49. The summed E-state index contributed by atoms with van der Waals surface area (Å²) in [6, 6.07) is 16.3. The van der Waals surface area contributed by atoms with E-state index in [0.717, 1.165) is 36.3 Å². The number of nitriles is 1. The third-order valence-corrected chi connectivity index (χ3v) is 8.00. The molecule has 0 spiro atoms. The zero-order valence-electron chi connectivity index (χ0n) is 23.7. The second-order valence-electron chi connectivity index (χ2n) is 10.7. The summed E-state index contributed by atoms with van der Waals surface area (Å²) in [7, 11) is 1.45. The summed E-state index contributed by atoms with van der Waals surface area (Å²) in [5, 5.41) is 15.6. The van der Waals surface area contributed by atoms with Gasteiger partial charge in [-0.15, -0.1) is 0 Å². The topological polar surface area (TPSA) is 148 Å². The van der Waals surface area contributed by atoms with Crippen molar-refractivity contribution in [2.45, 2.75) is 51.1 Å². The van der Waals surface area contributed by atoms with Crippen molar-refractivity contribution < 1.29 is 24.0 Å². The van der Waals surface area contributed by atoms with Gasteiger partial charge >= 0.3 is 0 Å².